The number of rotatable bonds is 4. The summed E-state index contributed by atoms with van der Waals surface area (Å²) in [6.45, 7) is 9.34. The lowest BCUT2D eigenvalue weighted by atomic mass is 9.92. The molecule has 0 saturated carbocycles. The monoisotopic (exact) mass is 274 g/mol. The van der Waals surface area contributed by atoms with Crippen molar-refractivity contribution < 1.29 is 0 Å². The molecule has 6 heteroatoms. The highest BCUT2D eigenvalue weighted by molar-refractivity contribution is 5.56. The van der Waals surface area contributed by atoms with Gasteiger partial charge in [-0.25, -0.2) is 15.8 Å². The van der Waals surface area contributed by atoms with Crippen molar-refractivity contribution in [3.05, 3.63) is 24.2 Å². The van der Waals surface area contributed by atoms with Crippen molar-refractivity contribution in [2.24, 2.45) is 5.84 Å². The molecular weight excluding hydrogens is 252 g/mol. The minimum atomic E-state index is -0.0668. The summed E-state index contributed by atoms with van der Waals surface area (Å²) in [5.74, 6) is 6.76. The van der Waals surface area contributed by atoms with E-state index in [1.165, 1.54) is 0 Å². The highest BCUT2D eigenvalue weighted by atomic mass is 15.3. The fourth-order valence-corrected chi connectivity index (χ4v) is 1.86. The number of nitrogens with two attached hydrogens (primary N) is 1. The molecule has 2 rings (SSSR count). The predicted molar refractivity (Wildman–Crippen MR) is 80.1 cm³/mol. The summed E-state index contributed by atoms with van der Waals surface area (Å²) in [5, 5.41) is 4.31. The maximum absolute atomic E-state index is 5.50. The number of nitrogen functional groups attached to an aromatic ring is 1. The van der Waals surface area contributed by atoms with Gasteiger partial charge in [0.25, 0.3) is 0 Å². The Hall–Kier alpha value is -1.95. The third kappa shape index (κ3) is 3.14. The molecule has 20 heavy (non-hydrogen) atoms. The van der Waals surface area contributed by atoms with Crippen LogP contribution in [0.5, 0.6) is 0 Å². The lowest BCUT2D eigenvalue weighted by molar-refractivity contribution is 0.568. The van der Waals surface area contributed by atoms with Crippen LogP contribution in [0.1, 0.15) is 39.8 Å². The van der Waals surface area contributed by atoms with Crippen molar-refractivity contribution in [2.75, 3.05) is 5.43 Å². The van der Waals surface area contributed by atoms with E-state index in [0.717, 1.165) is 24.2 Å². The highest BCUT2D eigenvalue weighted by Crippen LogP contribution is 2.25. The zero-order valence-corrected chi connectivity index (χ0v) is 12.5. The van der Waals surface area contributed by atoms with Crippen molar-refractivity contribution in [2.45, 2.75) is 46.1 Å². The maximum Gasteiger partial charge on any atom is 0.165 e. The number of nitrogens with one attached hydrogen (secondary N) is 1. The molecule has 6 nitrogen and oxygen atoms in total. The van der Waals surface area contributed by atoms with E-state index in [0.29, 0.717) is 11.6 Å². The number of hydrogen-bond donors (Lipinski definition) is 2. The van der Waals surface area contributed by atoms with Crippen molar-refractivity contribution in [1.29, 1.82) is 0 Å². The molecule has 2 aromatic rings. The van der Waals surface area contributed by atoms with Crippen LogP contribution in [0.25, 0.3) is 11.4 Å². The van der Waals surface area contributed by atoms with E-state index in [1.54, 1.807) is 6.20 Å². The van der Waals surface area contributed by atoms with Crippen LogP contribution >= 0.6 is 0 Å². The third-order valence-corrected chi connectivity index (χ3v) is 2.99. The van der Waals surface area contributed by atoms with E-state index in [2.05, 4.69) is 48.2 Å². The van der Waals surface area contributed by atoms with Crippen molar-refractivity contribution in [3.8, 4) is 11.4 Å². The molecule has 0 aromatic carbocycles. The summed E-state index contributed by atoms with van der Waals surface area (Å²) in [6, 6.07) is 1.87. The van der Waals surface area contributed by atoms with Gasteiger partial charge < -0.3 is 5.43 Å². The molecule has 2 aromatic heterocycles. The normalized spacial score (nSPS) is 11.7. The molecular formula is C14H22N6. The van der Waals surface area contributed by atoms with Crippen molar-refractivity contribution in [3.63, 3.8) is 0 Å². The number of aromatic nitrogens is 4. The molecule has 0 saturated heterocycles. The molecule has 0 aliphatic carbocycles. The Morgan fingerprint density at radius 3 is 2.65 bits per heavy atom. The lowest BCUT2D eigenvalue weighted by Gasteiger charge is -2.19. The summed E-state index contributed by atoms with van der Waals surface area (Å²) in [5.41, 5.74) is 4.38. The van der Waals surface area contributed by atoms with Gasteiger partial charge >= 0.3 is 0 Å². The fraction of sp³-hybridized carbons (Fsp3) is 0.500. The summed E-state index contributed by atoms with van der Waals surface area (Å²) in [4.78, 5) is 9.04. The Labute approximate surface area is 119 Å². The molecule has 0 amide bonds. The van der Waals surface area contributed by atoms with Crippen LogP contribution in [-0.4, -0.2) is 19.7 Å². The second kappa shape index (κ2) is 5.58. The molecule has 0 fully saturated rings. The first kappa shape index (κ1) is 14.5. The summed E-state index contributed by atoms with van der Waals surface area (Å²) < 4.78 is 1.90. The smallest absolute Gasteiger partial charge is 0.165 e. The minimum absolute atomic E-state index is 0.0668. The Balaban J connectivity index is 2.44. The van der Waals surface area contributed by atoms with Gasteiger partial charge in [-0.15, -0.1) is 0 Å². The summed E-state index contributed by atoms with van der Waals surface area (Å²) in [7, 11) is 0. The molecule has 0 unspecified atom stereocenters. The molecule has 2 heterocycles. The van der Waals surface area contributed by atoms with Crippen LogP contribution in [0, 0.1) is 0 Å². The van der Waals surface area contributed by atoms with Crippen LogP contribution in [0.2, 0.25) is 0 Å². The Morgan fingerprint density at radius 2 is 2.05 bits per heavy atom. The number of aryl methyl sites for hydroxylation is 1. The summed E-state index contributed by atoms with van der Waals surface area (Å²) in [6.07, 6.45) is 4.79. The van der Waals surface area contributed by atoms with Crippen LogP contribution in [-0.2, 0) is 12.0 Å². The van der Waals surface area contributed by atoms with Crippen LogP contribution in [0.15, 0.2) is 18.5 Å². The van der Waals surface area contributed by atoms with E-state index in [-0.39, 0.29) is 5.41 Å². The lowest BCUT2D eigenvalue weighted by Crippen LogP contribution is -2.17. The maximum atomic E-state index is 5.50. The van der Waals surface area contributed by atoms with Gasteiger partial charge in [-0.3, -0.25) is 4.68 Å². The largest absolute Gasteiger partial charge is 0.308 e. The number of anilines is 1. The van der Waals surface area contributed by atoms with E-state index in [1.807, 2.05) is 16.9 Å². The highest BCUT2D eigenvalue weighted by Gasteiger charge is 2.18. The third-order valence-electron chi connectivity index (χ3n) is 2.99. The van der Waals surface area contributed by atoms with Gasteiger partial charge in [0, 0.05) is 24.2 Å². The van der Waals surface area contributed by atoms with Gasteiger partial charge in [0.05, 0.1) is 17.5 Å². The Kier molecular flexibility index (Phi) is 4.04. The quantitative estimate of drug-likeness (QED) is 0.660. The zero-order valence-electron chi connectivity index (χ0n) is 12.5. The first-order valence-electron chi connectivity index (χ1n) is 6.83. The molecule has 0 spiro atoms. The van der Waals surface area contributed by atoms with Gasteiger partial charge in [0.2, 0.25) is 0 Å². The second-order valence-electron chi connectivity index (χ2n) is 5.85. The number of nitrogens with zero attached hydrogens (tertiary/aromatic N) is 4. The van der Waals surface area contributed by atoms with E-state index in [4.69, 9.17) is 5.84 Å². The van der Waals surface area contributed by atoms with Crippen LogP contribution in [0.4, 0.5) is 5.82 Å². The first-order valence-corrected chi connectivity index (χ1v) is 6.83. The first-order chi connectivity index (χ1) is 9.44. The number of hydrogen-bond acceptors (Lipinski definition) is 5. The van der Waals surface area contributed by atoms with E-state index >= 15 is 0 Å². The van der Waals surface area contributed by atoms with Gasteiger partial charge in [0.15, 0.2) is 5.82 Å². The predicted octanol–water partition coefficient (Wildman–Crippen LogP) is 2.33. The molecule has 0 aliphatic rings. The summed E-state index contributed by atoms with van der Waals surface area (Å²) >= 11 is 0. The average molecular weight is 274 g/mol. The second-order valence-corrected chi connectivity index (χ2v) is 5.85. The van der Waals surface area contributed by atoms with Gasteiger partial charge in [-0.2, -0.15) is 5.10 Å². The molecule has 0 bridgehead atoms. The minimum Gasteiger partial charge on any atom is -0.308 e. The van der Waals surface area contributed by atoms with Crippen LogP contribution < -0.4 is 11.3 Å². The van der Waals surface area contributed by atoms with Crippen LogP contribution in [0.3, 0.4) is 0 Å². The number of hydrazine groups is 1. The van der Waals surface area contributed by atoms with E-state index < -0.39 is 0 Å². The van der Waals surface area contributed by atoms with Crippen molar-refractivity contribution in [1.82, 2.24) is 19.7 Å². The average Bonchev–Trinajstić information content (AvgIpc) is 2.86. The van der Waals surface area contributed by atoms with Gasteiger partial charge in [0.1, 0.15) is 5.82 Å². The SMILES string of the molecule is CCCn1cc(-c2nc(NN)cc(C(C)(C)C)n2)cn1. The zero-order chi connectivity index (χ0) is 14.8. The van der Waals surface area contributed by atoms with E-state index in [9.17, 15) is 0 Å². The molecule has 108 valence electrons. The van der Waals surface area contributed by atoms with Gasteiger partial charge in [-0.1, -0.05) is 27.7 Å². The van der Waals surface area contributed by atoms with Crippen molar-refractivity contribution >= 4 is 5.82 Å². The fourth-order valence-electron chi connectivity index (χ4n) is 1.86. The topological polar surface area (TPSA) is 81.7 Å². The molecule has 0 radical (unpaired) electrons. The Morgan fingerprint density at radius 1 is 1.30 bits per heavy atom. The standard InChI is InChI=1S/C14H22N6/c1-5-6-20-9-10(8-16-20)13-17-11(14(2,3)4)7-12(18-13)19-15/h7-9H,5-6,15H2,1-4H3,(H,17,18,19). The van der Waals surface area contributed by atoms with Gasteiger partial charge in [-0.05, 0) is 6.42 Å². The molecule has 0 aliphatic heterocycles. The molecule has 3 N–H and O–H groups in total. The molecule has 0 atom stereocenters. The Bertz CT molecular complexity index is 582.